The quantitative estimate of drug-likeness (QED) is 0.796. The van der Waals surface area contributed by atoms with Crippen LogP contribution in [0.5, 0.6) is 0 Å². The molecule has 0 N–H and O–H groups in total. The SMILES string of the molecule is CCOC(=O)c1cnc2c(Br)cccc2c1C. The minimum atomic E-state index is -0.320. The molecule has 17 heavy (non-hydrogen) atoms. The van der Waals surface area contributed by atoms with Crippen molar-refractivity contribution in [3.63, 3.8) is 0 Å². The van der Waals surface area contributed by atoms with Crippen LogP contribution in [0.3, 0.4) is 0 Å². The summed E-state index contributed by atoms with van der Waals surface area (Å²) in [5.74, 6) is -0.320. The van der Waals surface area contributed by atoms with Crippen LogP contribution in [-0.2, 0) is 4.74 Å². The van der Waals surface area contributed by atoms with Crippen molar-refractivity contribution in [1.82, 2.24) is 4.98 Å². The van der Waals surface area contributed by atoms with Crippen molar-refractivity contribution in [3.05, 3.63) is 40.0 Å². The topological polar surface area (TPSA) is 39.2 Å². The molecule has 0 aliphatic heterocycles. The zero-order chi connectivity index (χ0) is 12.4. The van der Waals surface area contributed by atoms with E-state index in [4.69, 9.17) is 4.74 Å². The first kappa shape index (κ1) is 12.0. The second-order valence-electron chi connectivity index (χ2n) is 3.65. The van der Waals surface area contributed by atoms with Gasteiger partial charge in [-0.2, -0.15) is 0 Å². The Kier molecular flexibility index (Phi) is 3.43. The number of nitrogens with zero attached hydrogens (tertiary/aromatic N) is 1. The van der Waals surface area contributed by atoms with Crippen molar-refractivity contribution >= 4 is 32.8 Å². The Bertz CT molecular complexity index is 581. The number of esters is 1. The smallest absolute Gasteiger partial charge is 0.339 e. The molecule has 2 aromatic rings. The lowest BCUT2D eigenvalue weighted by molar-refractivity contribution is 0.0525. The second-order valence-corrected chi connectivity index (χ2v) is 4.51. The highest BCUT2D eigenvalue weighted by atomic mass is 79.9. The van der Waals surface area contributed by atoms with Gasteiger partial charge in [0.15, 0.2) is 0 Å². The van der Waals surface area contributed by atoms with Gasteiger partial charge >= 0.3 is 5.97 Å². The molecule has 0 saturated carbocycles. The van der Waals surface area contributed by atoms with Crippen LogP contribution in [0.15, 0.2) is 28.9 Å². The van der Waals surface area contributed by atoms with E-state index in [0.717, 1.165) is 20.9 Å². The number of benzene rings is 1. The molecular weight excluding hydrogens is 282 g/mol. The van der Waals surface area contributed by atoms with Crippen LogP contribution in [0, 0.1) is 6.92 Å². The summed E-state index contributed by atoms with van der Waals surface area (Å²) in [7, 11) is 0. The van der Waals surface area contributed by atoms with E-state index in [-0.39, 0.29) is 5.97 Å². The van der Waals surface area contributed by atoms with Gasteiger partial charge < -0.3 is 4.74 Å². The number of fused-ring (bicyclic) bond motifs is 1. The molecule has 4 heteroatoms. The highest BCUT2D eigenvalue weighted by Gasteiger charge is 2.13. The van der Waals surface area contributed by atoms with Crippen molar-refractivity contribution in [2.24, 2.45) is 0 Å². The third-order valence-corrected chi connectivity index (χ3v) is 3.25. The third-order valence-electron chi connectivity index (χ3n) is 2.61. The van der Waals surface area contributed by atoms with Gasteiger partial charge in [-0.3, -0.25) is 4.98 Å². The van der Waals surface area contributed by atoms with Gasteiger partial charge in [0.1, 0.15) is 0 Å². The molecule has 0 saturated heterocycles. The lowest BCUT2D eigenvalue weighted by Crippen LogP contribution is -2.07. The van der Waals surface area contributed by atoms with Crippen LogP contribution in [0.4, 0.5) is 0 Å². The van der Waals surface area contributed by atoms with Crippen molar-refractivity contribution in [3.8, 4) is 0 Å². The van der Waals surface area contributed by atoms with Crippen molar-refractivity contribution in [1.29, 1.82) is 0 Å². The molecule has 3 nitrogen and oxygen atoms in total. The summed E-state index contributed by atoms with van der Waals surface area (Å²) in [6, 6.07) is 5.81. The molecule has 0 radical (unpaired) electrons. The van der Waals surface area contributed by atoms with Crippen molar-refractivity contribution in [2.45, 2.75) is 13.8 Å². The summed E-state index contributed by atoms with van der Waals surface area (Å²) in [5, 5.41) is 0.963. The Morgan fingerprint density at radius 2 is 2.24 bits per heavy atom. The zero-order valence-electron chi connectivity index (χ0n) is 9.66. The largest absolute Gasteiger partial charge is 0.462 e. The van der Waals surface area contributed by atoms with Crippen molar-refractivity contribution < 1.29 is 9.53 Å². The van der Waals surface area contributed by atoms with Gasteiger partial charge in [0.2, 0.25) is 0 Å². The van der Waals surface area contributed by atoms with Crippen LogP contribution < -0.4 is 0 Å². The Morgan fingerprint density at radius 3 is 2.94 bits per heavy atom. The summed E-state index contributed by atoms with van der Waals surface area (Å²) >= 11 is 3.44. The molecule has 1 aromatic heterocycles. The molecule has 88 valence electrons. The number of para-hydroxylation sites is 1. The van der Waals surface area contributed by atoms with Gasteiger partial charge in [-0.05, 0) is 41.4 Å². The fraction of sp³-hybridized carbons (Fsp3) is 0.231. The lowest BCUT2D eigenvalue weighted by Gasteiger charge is -2.08. The molecule has 0 bridgehead atoms. The van der Waals surface area contributed by atoms with Gasteiger partial charge in [-0.25, -0.2) is 4.79 Å². The van der Waals surface area contributed by atoms with Crippen LogP contribution >= 0.6 is 15.9 Å². The maximum Gasteiger partial charge on any atom is 0.339 e. The summed E-state index contributed by atoms with van der Waals surface area (Å²) in [5.41, 5.74) is 2.28. The molecule has 1 aromatic carbocycles. The predicted octanol–water partition coefficient (Wildman–Crippen LogP) is 3.48. The monoisotopic (exact) mass is 293 g/mol. The van der Waals surface area contributed by atoms with Crippen LogP contribution in [0.25, 0.3) is 10.9 Å². The van der Waals surface area contributed by atoms with Crippen LogP contribution in [0.2, 0.25) is 0 Å². The van der Waals surface area contributed by atoms with E-state index >= 15 is 0 Å². The minimum Gasteiger partial charge on any atom is -0.462 e. The van der Waals surface area contributed by atoms with E-state index in [1.54, 1.807) is 13.1 Å². The summed E-state index contributed by atoms with van der Waals surface area (Å²) < 4.78 is 5.92. The Balaban J connectivity index is 2.62. The van der Waals surface area contributed by atoms with E-state index in [9.17, 15) is 4.79 Å². The second kappa shape index (κ2) is 4.84. The maximum atomic E-state index is 11.7. The molecular formula is C13H12BrNO2. The molecule has 0 aliphatic rings. The summed E-state index contributed by atoms with van der Waals surface area (Å²) in [6.45, 7) is 4.07. The first-order valence-corrected chi connectivity index (χ1v) is 6.15. The first-order valence-electron chi connectivity index (χ1n) is 5.36. The first-order chi connectivity index (χ1) is 8.15. The molecule has 0 unspecified atom stereocenters. The molecule has 0 spiro atoms. The average molecular weight is 294 g/mol. The lowest BCUT2D eigenvalue weighted by atomic mass is 10.1. The standard InChI is InChI=1S/C13H12BrNO2/c1-3-17-13(16)10-7-15-12-9(8(10)2)5-4-6-11(12)14/h4-7H,3H2,1-2H3. The van der Waals surface area contributed by atoms with Gasteiger partial charge in [-0.15, -0.1) is 0 Å². The highest BCUT2D eigenvalue weighted by Crippen LogP contribution is 2.26. The van der Waals surface area contributed by atoms with Crippen LogP contribution in [0.1, 0.15) is 22.8 Å². The Labute approximate surface area is 108 Å². The fourth-order valence-electron chi connectivity index (χ4n) is 1.73. The number of hydrogen-bond donors (Lipinski definition) is 0. The number of aryl methyl sites for hydroxylation is 1. The van der Waals surface area contributed by atoms with Gasteiger partial charge in [-0.1, -0.05) is 12.1 Å². The van der Waals surface area contributed by atoms with Crippen molar-refractivity contribution in [2.75, 3.05) is 6.61 Å². The fourth-order valence-corrected chi connectivity index (χ4v) is 2.20. The van der Waals surface area contributed by atoms with E-state index < -0.39 is 0 Å². The van der Waals surface area contributed by atoms with Gasteiger partial charge in [0.05, 0.1) is 17.7 Å². The molecule has 2 rings (SSSR count). The predicted molar refractivity (Wildman–Crippen MR) is 70.1 cm³/mol. The average Bonchev–Trinajstić information content (AvgIpc) is 2.31. The van der Waals surface area contributed by atoms with E-state index in [1.165, 1.54) is 0 Å². The maximum absolute atomic E-state index is 11.7. The van der Waals surface area contributed by atoms with Crippen LogP contribution in [-0.4, -0.2) is 17.6 Å². The normalized spacial score (nSPS) is 10.5. The highest BCUT2D eigenvalue weighted by molar-refractivity contribution is 9.10. The molecule has 0 amide bonds. The Morgan fingerprint density at radius 1 is 1.47 bits per heavy atom. The number of carbonyl (C=O) groups is 1. The van der Waals surface area contributed by atoms with E-state index in [1.807, 2.05) is 25.1 Å². The van der Waals surface area contributed by atoms with Gasteiger partial charge in [0, 0.05) is 16.1 Å². The number of carbonyl (C=O) groups excluding carboxylic acids is 1. The molecule has 0 fully saturated rings. The zero-order valence-corrected chi connectivity index (χ0v) is 11.2. The number of halogens is 1. The number of rotatable bonds is 2. The number of pyridine rings is 1. The molecule has 0 aliphatic carbocycles. The van der Waals surface area contributed by atoms with E-state index in [0.29, 0.717) is 12.2 Å². The number of aromatic nitrogens is 1. The molecule has 0 atom stereocenters. The number of ether oxygens (including phenoxy) is 1. The third kappa shape index (κ3) is 2.17. The number of hydrogen-bond acceptors (Lipinski definition) is 3. The molecule has 1 heterocycles. The Hall–Kier alpha value is -1.42. The summed E-state index contributed by atoms with van der Waals surface area (Å²) in [6.07, 6.45) is 1.57. The minimum absolute atomic E-state index is 0.320. The summed E-state index contributed by atoms with van der Waals surface area (Å²) in [4.78, 5) is 16.0. The van der Waals surface area contributed by atoms with E-state index in [2.05, 4.69) is 20.9 Å². The van der Waals surface area contributed by atoms with Gasteiger partial charge in [0.25, 0.3) is 0 Å².